The summed E-state index contributed by atoms with van der Waals surface area (Å²) in [5.41, 5.74) is 0.973. The molecule has 1 N–H and O–H groups in total. The summed E-state index contributed by atoms with van der Waals surface area (Å²) in [6, 6.07) is 7.25. The van der Waals surface area contributed by atoms with E-state index in [-0.39, 0.29) is 18.1 Å². The molecule has 0 radical (unpaired) electrons. The Labute approximate surface area is 136 Å². The van der Waals surface area contributed by atoms with Crippen molar-refractivity contribution in [3.8, 4) is 0 Å². The molecule has 122 valence electrons. The molecule has 1 aliphatic heterocycles. The summed E-state index contributed by atoms with van der Waals surface area (Å²) in [4.78, 5) is 14.4. The number of ether oxygens (including phenoxy) is 2. The Hall–Kier alpha value is -1.14. The zero-order chi connectivity index (χ0) is 16.1. The highest BCUT2D eigenvalue weighted by Crippen LogP contribution is 2.24. The van der Waals surface area contributed by atoms with Crippen molar-refractivity contribution in [1.82, 2.24) is 10.2 Å². The van der Waals surface area contributed by atoms with Crippen LogP contribution in [0.25, 0.3) is 0 Å². The molecule has 1 saturated heterocycles. The lowest BCUT2D eigenvalue weighted by molar-refractivity contribution is -0.133. The van der Waals surface area contributed by atoms with Crippen LogP contribution < -0.4 is 5.32 Å². The largest absolute Gasteiger partial charge is 0.373 e. The van der Waals surface area contributed by atoms with Gasteiger partial charge in [-0.15, -0.1) is 0 Å². The molecule has 0 unspecified atom stereocenters. The van der Waals surface area contributed by atoms with Gasteiger partial charge in [0, 0.05) is 25.2 Å². The fourth-order valence-electron chi connectivity index (χ4n) is 2.45. The first-order valence-electron chi connectivity index (χ1n) is 7.40. The Morgan fingerprint density at radius 3 is 2.73 bits per heavy atom. The number of likely N-dealkylation sites (N-methyl/N-ethyl adjacent to an activating group) is 1. The first-order chi connectivity index (χ1) is 10.5. The van der Waals surface area contributed by atoms with E-state index in [1.54, 1.807) is 6.92 Å². The minimum atomic E-state index is -0.504. The molecular weight excluding hydrogens is 304 g/mol. The molecule has 0 aromatic heterocycles. The van der Waals surface area contributed by atoms with E-state index in [0.717, 1.165) is 18.7 Å². The van der Waals surface area contributed by atoms with Crippen LogP contribution in [0.2, 0.25) is 5.02 Å². The quantitative estimate of drug-likeness (QED) is 0.897. The number of amides is 1. The van der Waals surface area contributed by atoms with Gasteiger partial charge in [-0.1, -0.05) is 23.7 Å². The maximum atomic E-state index is 12.2. The number of hydrogen-bond acceptors (Lipinski definition) is 4. The van der Waals surface area contributed by atoms with Gasteiger partial charge >= 0.3 is 0 Å². The Balaban J connectivity index is 2.19. The van der Waals surface area contributed by atoms with Crippen LogP contribution in [0, 0.1) is 0 Å². The van der Waals surface area contributed by atoms with Gasteiger partial charge in [-0.05, 0) is 31.7 Å². The summed E-state index contributed by atoms with van der Waals surface area (Å²) < 4.78 is 11.0. The van der Waals surface area contributed by atoms with Crippen LogP contribution in [0.3, 0.4) is 0 Å². The van der Waals surface area contributed by atoms with Gasteiger partial charge in [0.1, 0.15) is 6.10 Å². The highest BCUT2D eigenvalue weighted by atomic mass is 35.5. The molecular formula is C16H23ClN2O3. The average molecular weight is 327 g/mol. The predicted molar refractivity (Wildman–Crippen MR) is 86.0 cm³/mol. The molecule has 1 fully saturated rings. The first kappa shape index (κ1) is 17.2. The third-order valence-corrected chi connectivity index (χ3v) is 4.17. The number of carbonyl (C=O) groups excluding carboxylic acids is 1. The van der Waals surface area contributed by atoms with Crippen LogP contribution in [0.1, 0.15) is 18.5 Å². The lowest BCUT2D eigenvalue weighted by Gasteiger charge is -2.36. The lowest BCUT2D eigenvalue weighted by atomic mass is 9.99. The van der Waals surface area contributed by atoms with Crippen molar-refractivity contribution >= 4 is 17.5 Å². The molecule has 5 nitrogen and oxygen atoms in total. The second kappa shape index (κ2) is 7.92. The molecule has 1 amide bonds. The van der Waals surface area contributed by atoms with Crippen LogP contribution in [-0.4, -0.2) is 56.9 Å². The van der Waals surface area contributed by atoms with Gasteiger partial charge < -0.3 is 19.7 Å². The molecule has 1 heterocycles. The molecule has 3 atom stereocenters. The Bertz CT molecular complexity index is 495. The standard InChI is InChI=1S/C16H23ClN2O3/c1-11(21-3)16(20)18-15(12-4-6-13(17)7-5-12)14-10-19(2)8-9-22-14/h4-7,11,14-15H,8-10H2,1-3H3,(H,18,20)/t11-,14-,15+/m1/s1. The lowest BCUT2D eigenvalue weighted by Crippen LogP contribution is -2.49. The summed E-state index contributed by atoms with van der Waals surface area (Å²) in [5, 5.41) is 3.70. The third-order valence-electron chi connectivity index (χ3n) is 3.92. The fraction of sp³-hybridized carbons (Fsp3) is 0.562. The number of carbonyl (C=O) groups is 1. The highest BCUT2D eigenvalue weighted by molar-refractivity contribution is 6.30. The normalized spacial score (nSPS) is 22.1. The maximum absolute atomic E-state index is 12.2. The Kier molecular flexibility index (Phi) is 6.20. The zero-order valence-corrected chi connectivity index (χ0v) is 14.0. The van der Waals surface area contributed by atoms with E-state index in [9.17, 15) is 4.79 Å². The summed E-state index contributed by atoms with van der Waals surface area (Å²) >= 11 is 5.96. The molecule has 22 heavy (non-hydrogen) atoms. The number of benzene rings is 1. The maximum Gasteiger partial charge on any atom is 0.249 e. The van der Waals surface area contributed by atoms with Gasteiger partial charge in [-0.3, -0.25) is 4.79 Å². The minimum absolute atomic E-state index is 0.104. The molecule has 0 aliphatic carbocycles. The van der Waals surface area contributed by atoms with E-state index in [1.165, 1.54) is 7.11 Å². The van der Waals surface area contributed by atoms with E-state index >= 15 is 0 Å². The molecule has 0 spiro atoms. The number of nitrogens with one attached hydrogen (secondary N) is 1. The third kappa shape index (κ3) is 4.43. The smallest absolute Gasteiger partial charge is 0.249 e. The van der Waals surface area contributed by atoms with Gasteiger partial charge in [-0.2, -0.15) is 0 Å². The van der Waals surface area contributed by atoms with Gasteiger partial charge in [-0.25, -0.2) is 0 Å². The van der Waals surface area contributed by atoms with E-state index in [0.29, 0.717) is 11.6 Å². The minimum Gasteiger partial charge on any atom is -0.373 e. The number of halogens is 1. The number of rotatable bonds is 5. The second-order valence-corrected chi connectivity index (χ2v) is 6.02. The summed E-state index contributed by atoms with van der Waals surface area (Å²) in [5.74, 6) is -0.153. The van der Waals surface area contributed by atoms with Crippen molar-refractivity contribution in [3.63, 3.8) is 0 Å². The zero-order valence-electron chi connectivity index (χ0n) is 13.2. The van der Waals surface area contributed by atoms with Crippen molar-refractivity contribution in [2.75, 3.05) is 33.9 Å². The van der Waals surface area contributed by atoms with Gasteiger partial charge in [0.25, 0.3) is 0 Å². The Morgan fingerprint density at radius 2 is 2.14 bits per heavy atom. The molecule has 6 heteroatoms. The first-order valence-corrected chi connectivity index (χ1v) is 7.78. The van der Waals surface area contributed by atoms with Gasteiger partial charge in [0.2, 0.25) is 5.91 Å². The van der Waals surface area contributed by atoms with E-state index < -0.39 is 6.10 Å². The topological polar surface area (TPSA) is 50.8 Å². The molecule has 1 aromatic rings. The van der Waals surface area contributed by atoms with E-state index in [1.807, 2.05) is 31.3 Å². The number of nitrogens with zero attached hydrogens (tertiary/aromatic N) is 1. The van der Waals surface area contributed by atoms with Crippen LogP contribution in [0.4, 0.5) is 0 Å². The average Bonchev–Trinajstić information content (AvgIpc) is 2.52. The monoisotopic (exact) mass is 326 g/mol. The van der Waals surface area contributed by atoms with Gasteiger partial charge in [0.05, 0.1) is 18.8 Å². The van der Waals surface area contributed by atoms with Crippen LogP contribution in [-0.2, 0) is 14.3 Å². The number of morpholine rings is 1. The van der Waals surface area contributed by atoms with Crippen molar-refractivity contribution in [2.45, 2.75) is 25.2 Å². The molecule has 0 bridgehead atoms. The summed E-state index contributed by atoms with van der Waals surface area (Å²) in [6.07, 6.45) is -0.607. The highest BCUT2D eigenvalue weighted by Gasteiger charge is 2.30. The van der Waals surface area contributed by atoms with E-state index in [4.69, 9.17) is 21.1 Å². The number of hydrogen-bond donors (Lipinski definition) is 1. The van der Waals surface area contributed by atoms with Crippen LogP contribution >= 0.6 is 11.6 Å². The molecule has 1 aliphatic rings. The second-order valence-electron chi connectivity index (χ2n) is 5.59. The Morgan fingerprint density at radius 1 is 1.45 bits per heavy atom. The van der Waals surface area contributed by atoms with Crippen molar-refractivity contribution < 1.29 is 14.3 Å². The summed E-state index contributed by atoms with van der Waals surface area (Å²) in [6.45, 7) is 4.03. The summed E-state index contributed by atoms with van der Waals surface area (Å²) in [7, 11) is 3.57. The SMILES string of the molecule is CO[C@H](C)C(=O)N[C@@H](c1ccc(Cl)cc1)[C@H]1CN(C)CCO1. The predicted octanol–water partition coefficient (Wildman–Crippen LogP) is 1.86. The van der Waals surface area contributed by atoms with Crippen LogP contribution in [0.15, 0.2) is 24.3 Å². The fourth-order valence-corrected chi connectivity index (χ4v) is 2.58. The van der Waals surface area contributed by atoms with Crippen molar-refractivity contribution in [3.05, 3.63) is 34.9 Å². The van der Waals surface area contributed by atoms with Crippen molar-refractivity contribution in [2.24, 2.45) is 0 Å². The number of methoxy groups -OCH3 is 1. The molecule has 2 rings (SSSR count). The van der Waals surface area contributed by atoms with Crippen molar-refractivity contribution in [1.29, 1.82) is 0 Å². The van der Waals surface area contributed by atoms with Crippen LogP contribution in [0.5, 0.6) is 0 Å². The molecule has 1 aromatic carbocycles. The van der Waals surface area contributed by atoms with E-state index in [2.05, 4.69) is 10.2 Å². The van der Waals surface area contributed by atoms with Gasteiger partial charge in [0.15, 0.2) is 0 Å². The molecule has 0 saturated carbocycles.